The zero-order valence-electron chi connectivity index (χ0n) is 17.9. The largest absolute Gasteiger partial charge is 0.497 e. The summed E-state index contributed by atoms with van der Waals surface area (Å²) in [6.07, 6.45) is 0.576. The Morgan fingerprint density at radius 2 is 1.79 bits per heavy atom. The van der Waals surface area contributed by atoms with E-state index in [0.29, 0.717) is 12.3 Å². The highest BCUT2D eigenvalue weighted by atomic mass is 32.1. The Balaban J connectivity index is 1.65. The third-order valence-corrected chi connectivity index (χ3v) is 6.38. The molecule has 1 amide bonds. The van der Waals surface area contributed by atoms with E-state index in [2.05, 4.69) is 65.5 Å². The zero-order valence-corrected chi connectivity index (χ0v) is 18.7. The van der Waals surface area contributed by atoms with Crippen molar-refractivity contribution in [1.82, 2.24) is 10.2 Å². The quantitative estimate of drug-likeness (QED) is 0.703. The number of carbonyl (C=O) groups is 1. The van der Waals surface area contributed by atoms with E-state index in [1.807, 2.05) is 12.1 Å². The Morgan fingerprint density at radius 1 is 1.10 bits per heavy atom. The lowest BCUT2D eigenvalue weighted by Crippen LogP contribution is -2.52. The molecule has 1 fully saturated rings. The number of ether oxygens (including phenoxy) is 1. The molecule has 1 N–H and O–H groups in total. The number of anilines is 1. The number of piperazine rings is 1. The van der Waals surface area contributed by atoms with Crippen LogP contribution in [0.5, 0.6) is 5.75 Å². The summed E-state index contributed by atoms with van der Waals surface area (Å²) in [7, 11) is 1.69. The van der Waals surface area contributed by atoms with E-state index >= 15 is 0 Å². The van der Waals surface area contributed by atoms with Gasteiger partial charge in [0.15, 0.2) is 0 Å². The minimum atomic E-state index is 0.0763. The fourth-order valence-corrected chi connectivity index (χ4v) is 4.98. The van der Waals surface area contributed by atoms with Crippen molar-refractivity contribution in [2.45, 2.75) is 39.3 Å². The van der Waals surface area contributed by atoms with Crippen LogP contribution in [0, 0.1) is 5.92 Å². The number of carbonyl (C=O) groups excluding carboxylic acids is 1. The summed E-state index contributed by atoms with van der Waals surface area (Å²) >= 11 is 1.77. The number of amides is 1. The van der Waals surface area contributed by atoms with Crippen molar-refractivity contribution < 1.29 is 9.53 Å². The highest BCUT2D eigenvalue weighted by Gasteiger charge is 2.31. The Labute approximate surface area is 178 Å². The average Bonchev–Trinajstić information content (AvgIpc) is 3.22. The lowest BCUT2D eigenvalue weighted by molar-refractivity contribution is -0.122. The van der Waals surface area contributed by atoms with Crippen molar-refractivity contribution in [2.24, 2.45) is 5.92 Å². The number of benzene rings is 1. The van der Waals surface area contributed by atoms with Crippen molar-refractivity contribution in [3.8, 4) is 5.75 Å². The van der Waals surface area contributed by atoms with Gasteiger partial charge in [-0.25, -0.2) is 0 Å². The molecule has 1 saturated heterocycles. The van der Waals surface area contributed by atoms with Crippen LogP contribution in [0.1, 0.15) is 38.1 Å². The van der Waals surface area contributed by atoms with E-state index < -0.39 is 0 Å². The first-order valence-electron chi connectivity index (χ1n) is 10.4. The van der Waals surface area contributed by atoms with Crippen molar-refractivity contribution in [3.63, 3.8) is 0 Å². The third-order valence-electron chi connectivity index (χ3n) is 5.44. The predicted octanol–water partition coefficient (Wildman–Crippen LogP) is 4.17. The van der Waals surface area contributed by atoms with Crippen molar-refractivity contribution in [1.29, 1.82) is 0 Å². The Morgan fingerprint density at radius 3 is 2.34 bits per heavy atom. The van der Waals surface area contributed by atoms with E-state index in [1.165, 1.54) is 10.6 Å². The summed E-state index contributed by atoms with van der Waals surface area (Å²) in [5, 5.41) is 5.37. The SMILES string of the molecule is COc1ccc(N2CCN([C@H](c3cccs3)[C@H](C)NC(=O)CC(C)C)CC2)cc1. The van der Waals surface area contributed by atoms with Gasteiger partial charge in [0.25, 0.3) is 0 Å². The molecule has 5 nitrogen and oxygen atoms in total. The van der Waals surface area contributed by atoms with Crippen molar-refractivity contribution >= 4 is 22.9 Å². The number of nitrogens with zero attached hydrogens (tertiary/aromatic N) is 2. The summed E-state index contributed by atoms with van der Waals surface area (Å²) in [6.45, 7) is 10.2. The minimum absolute atomic E-state index is 0.0763. The molecule has 0 radical (unpaired) electrons. The van der Waals surface area contributed by atoms with E-state index in [0.717, 1.165) is 31.9 Å². The summed E-state index contributed by atoms with van der Waals surface area (Å²) < 4.78 is 5.27. The van der Waals surface area contributed by atoms with Gasteiger partial charge in [-0.1, -0.05) is 19.9 Å². The highest BCUT2D eigenvalue weighted by molar-refractivity contribution is 7.10. The van der Waals surface area contributed by atoms with Crippen LogP contribution in [0.4, 0.5) is 5.69 Å². The van der Waals surface area contributed by atoms with Crippen LogP contribution in [-0.4, -0.2) is 50.1 Å². The molecular formula is C23H33N3O2S. The second kappa shape index (κ2) is 10.1. The minimum Gasteiger partial charge on any atom is -0.497 e. The molecule has 1 aliphatic heterocycles. The van der Waals surface area contributed by atoms with Gasteiger partial charge in [0.2, 0.25) is 5.91 Å². The molecule has 1 aromatic carbocycles. The van der Waals surface area contributed by atoms with Crippen LogP contribution in [0.3, 0.4) is 0 Å². The van der Waals surface area contributed by atoms with Crippen LogP contribution in [0.2, 0.25) is 0 Å². The van der Waals surface area contributed by atoms with Crippen LogP contribution in [0.15, 0.2) is 41.8 Å². The maximum absolute atomic E-state index is 12.4. The molecule has 0 spiro atoms. The van der Waals surface area contributed by atoms with Crippen molar-refractivity contribution in [3.05, 3.63) is 46.7 Å². The summed E-state index contributed by atoms with van der Waals surface area (Å²) in [5.41, 5.74) is 1.23. The van der Waals surface area contributed by atoms with E-state index in [9.17, 15) is 4.79 Å². The average molecular weight is 416 g/mol. The molecule has 1 aliphatic rings. The fraction of sp³-hybridized carbons (Fsp3) is 0.522. The molecule has 6 heteroatoms. The molecule has 0 unspecified atom stereocenters. The molecule has 2 atom stereocenters. The van der Waals surface area contributed by atoms with Gasteiger partial charge in [-0.3, -0.25) is 9.69 Å². The van der Waals surface area contributed by atoms with Crippen molar-refractivity contribution in [2.75, 3.05) is 38.2 Å². The smallest absolute Gasteiger partial charge is 0.220 e. The second-order valence-corrected chi connectivity index (χ2v) is 9.11. The maximum Gasteiger partial charge on any atom is 0.220 e. The van der Waals surface area contributed by atoms with Gasteiger partial charge < -0.3 is 15.0 Å². The number of hydrogen-bond donors (Lipinski definition) is 1. The molecular weight excluding hydrogens is 382 g/mol. The van der Waals surface area contributed by atoms with Gasteiger partial charge in [0.05, 0.1) is 13.2 Å². The van der Waals surface area contributed by atoms with E-state index in [-0.39, 0.29) is 18.0 Å². The lowest BCUT2D eigenvalue weighted by atomic mass is 10.0. The molecule has 0 aliphatic carbocycles. The van der Waals surface area contributed by atoms with Crippen LogP contribution < -0.4 is 15.0 Å². The predicted molar refractivity (Wildman–Crippen MR) is 121 cm³/mol. The first-order valence-corrected chi connectivity index (χ1v) is 11.3. The number of thiophene rings is 1. The summed E-state index contributed by atoms with van der Waals surface area (Å²) in [6, 6.07) is 12.9. The molecule has 29 heavy (non-hydrogen) atoms. The van der Waals surface area contributed by atoms with Gasteiger partial charge in [-0.05, 0) is 48.6 Å². The van der Waals surface area contributed by atoms with Crippen LogP contribution in [-0.2, 0) is 4.79 Å². The first kappa shape index (κ1) is 21.7. The third kappa shape index (κ3) is 5.73. The second-order valence-electron chi connectivity index (χ2n) is 8.14. The fourth-order valence-electron chi connectivity index (χ4n) is 4.02. The van der Waals surface area contributed by atoms with Crippen LogP contribution >= 0.6 is 11.3 Å². The molecule has 2 aromatic rings. The van der Waals surface area contributed by atoms with E-state index in [4.69, 9.17) is 4.74 Å². The molecule has 0 saturated carbocycles. The standard InChI is InChI=1S/C23H33N3O2S/c1-17(2)16-22(27)24-18(3)23(21-6-5-15-29-21)26-13-11-25(12-14-26)19-7-9-20(28-4)10-8-19/h5-10,15,17-18,23H,11-14,16H2,1-4H3,(H,24,27)/t18-,23-/m0/s1. The number of methoxy groups -OCH3 is 1. The lowest BCUT2D eigenvalue weighted by Gasteiger charge is -2.42. The van der Waals surface area contributed by atoms with E-state index in [1.54, 1.807) is 18.4 Å². The topological polar surface area (TPSA) is 44.8 Å². The van der Waals surface area contributed by atoms with Gasteiger partial charge in [0, 0.05) is 49.2 Å². The Hall–Kier alpha value is -2.05. The normalized spacial score (nSPS) is 17.2. The Kier molecular flexibility index (Phi) is 7.56. The monoisotopic (exact) mass is 415 g/mol. The number of nitrogens with one attached hydrogen (secondary N) is 1. The molecule has 0 bridgehead atoms. The van der Waals surface area contributed by atoms with Crippen LogP contribution in [0.25, 0.3) is 0 Å². The summed E-state index contributed by atoms with van der Waals surface area (Å²) in [5.74, 6) is 1.40. The molecule has 3 rings (SSSR count). The number of hydrogen-bond acceptors (Lipinski definition) is 5. The van der Waals surface area contributed by atoms with Gasteiger partial charge in [-0.15, -0.1) is 11.3 Å². The Bertz CT molecular complexity index is 753. The van der Waals surface area contributed by atoms with Gasteiger partial charge in [-0.2, -0.15) is 0 Å². The first-order chi connectivity index (χ1) is 14.0. The number of rotatable bonds is 8. The summed E-state index contributed by atoms with van der Waals surface area (Å²) in [4.78, 5) is 18.6. The highest BCUT2D eigenvalue weighted by Crippen LogP contribution is 2.30. The van der Waals surface area contributed by atoms with Gasteiger partial charge >= 0.3 is 0 Å². The van der Waals surface area contributed by atoms with Gasteiger partial charge in [0.1, 0.15) is 5.75 Å². The molecule has 1 aromatic heterocycles. The maximum atomic E-state index is 12.4. The zero-order chi connectivity index (χ0) is 20.8. The molecule has 2 heterocycles. The molecule has 158 valence electrons.